The Balaban J connectivity index is 1.55. The first-order chi connectivity index (χ1) is 14.6. The van der Waals surface area contributed by atoms with Crippen LogP contribution < -0.4 is 5.32 Å². The number of rotatable bonds is 7. The Bertz CT molecular complexity index is 962. The number of ketones is 1. The van der Waals surface area contributed by atoms with Crippen molar-refractivity contribution in [2.24, 2.45) is 5.92 Å². The van der Waals surface area contributed by atoms with Crippen molar-refractivity contribution in [1.29, 1.82) is 5.26 Å². The lowest BCUT2D eigenvalue weighted by molar-refractivity contribution is 0.0948. The predicted octanol–water partition coefficient (Wildman–Crippen LogP) is 3.59. The fourth-order valence-corrected chi connectivity index (χ4v) is 4.49. The molecular formula is C23H27N5O2. The van der Waals surface area contributed by atoms with E-state index < -0.39 is 5.54 Å². The number of nitrogens with zero attached hydrogens (tertiary/aromatic N) is 4. The molecule has 1 N–H and O–H groups in total. The molecule has 1 aromatic heterocycles. The van der Waals surface area contributed by atoms with Crippen molar-refractivity contribution in [2.75, 3.05) is 7.05 Å². The summed E-state index contributed by atoms with van der Waals surface area (Å²) in [5.74, 6) is 0.275. The van der Waals surface area contributed by atoms with Gasteiger partial charge in [-0.1, -0.05) is 36.6 Å². The molecule has 7 nitrogen and oxygen atoms in total. The highest BCUT2D eigenvalue weighted by atomic mass is 16.1. The molecule has 0 radical (unpaired) electrons. The average Bonchev–Trinajstić information content (AvgIpc) is 3.45. The van der Waals surface area contributed by atoms with E-state index >= 15 is 0 Å². The molecule has 0 spiro atoms. The van der Waals surface area contributed by atoms with Gasteiger partial charge in [-0.3, -0.25) is 9.59 Å². The van der Waals surface area contributed by atoms with Crippen molar-refractivity contribution < 1.29 is 9.59 Å². The van der Waals surface area contributed by atoms with E-state index in [0.717, 1.165) is 31.4 Å². The van der Waals surface area contributed by atoms with Gasteiger partial charge >= 0.3 is 0 Å². The minimum atomic E-state index is -0.540. The highest BCUT2D eigenvalue weighted by Crippen LogP contribution is 2.43. The van der Waals surface area contributed by atoms with Crippen LogP contribution in [-0.4, -0.2) is 33.7 Å². The van der Waals surface area contributed by atoms with Crippen molar-refractivity contribution >= 4 is 11.7 Å². The maximum absolute atomic E-state index is 13.1. The van der Waals surface area contributed by atoms with Gasteiger partial charge in [-0.2, -0.15) is 5.26 Å². The van der Waals surface area contributed by atoms with Gasteiger partial charge in [0.05, 0.1) is 18.0 Å². The first kappa shape index (κ1) is 20.3. The van der Waals surface area contributed by atoms with E-state index in [9.17, 15) is 14.9 Å². The number of hydrogen-bond donors (Lipinski definition) is 1. The fourth-order valence-electron chi connectivity index (χ4n) is 4.49. The third kappa shape index (κ3) is 4.00. The van der Waals surface area contributed by atoms with Crippen LogP contribution in [-0.2, 0) is 5.54 Å². The summed E-state index contributed by atoms with van der Waals surface area (Å²) < 4.78 is 1.70. The lowest BCUT2D eigenvalue weighted by atomic mass is 9.76. The smallest absolute Gasteiger partial charge is 0.251 e. The van der Waals surface area contributed by atoms with E-state index in [1.165, 1.54) is 19.3 Å². The number of aromatic nitrogens is 3. The molecule has 1 aromatic carbocycles. The van der Waals surface area contributed by atoms with Gasteiger partial charge in [0.1, 0.15) is 0 Å². The maximum Gasteiger partial charge on any atom is 0.251 e. The zero-order valence-electron chi connectivity index (χ0n) is 17.3. The standard InChI is InChI=1S/C23H27N5O2/c1-25-22(30)18-9-7-17(8-10-18)21(29)13-19(16-5-3-2-4-6-16)20-14-28(27-26-20)23(15-24)11-12-23/h7-10,14,16,19H,2-6,11-13H2,1H3,(H,25,30)/t19-/m0/s1. The summed E-state index contributed by atoms with van der Waals surface area (Å²) in [6, 6.07) is 9.15. The van der Waals surface area contributed by atoms with Crippen LogP contribution in [0.15, 0.2) is 30.5 Å². The molecule has 2 fully saturated rings. The summed E-state index contributed by atoms with van der Waals surface area (Å²) in [7, 11) is 1.58. The van der Waals surface area contributed by atoms with E-state index in [1.54, 1.807) is 36.0 Å². The molecule has 4 rings (SSSR count). The van der Waals surface area contributed by atoms with Gasteiger partial charge < -0.3 is 5.32 Å². The van der Waals surface area contributed by atoms with Gasteiger partial charge in [-0.15, -0.1) is 5.10 Å². The number of nitriles is 1. The second-order valence-corrected chi connectivity index (χ2v) is 8.52. The van der Waals surface area contributed by atoms with Crippen molar-refractivity contribution in [1.82, 2.24) is 20.3 Å². The van der Waals surface area contributed by atoms with Crippen LogP contribution in [0.4, 0.5) is 0 Å². The summed E-state index contributed by atoms with van der Waals surface area (Å²) in [5, 5.41) is 20.7. The average molecular weight is 406 g/mol. The Morgan fingerprint density at radius 3 is 2.47 bits per heavy atom. The highest BCUT2D eigenvalue weighted by molar-refractivity contribution is 5.99. The first-order valence-electron chi connectivity index (χ1n) is 10.8. The van der Waals surface area contributed by atoms with Crippen molar-refractivity contribution in [2.45, 2.75) is 62.8 Å². The van der Waals surface area contributed by atoms with Crippen LogP contribution in [0.5, 0.6) is 0 Å². The van der Waals surface area contributed by atoms with Gasteiger partial charge in [0.25, 0.3) is 5.91 Å². The number of carbonyl (C=O) groups is 2. The quantitative estimate of drug-likeness (QED) is 0.710. The maximum atomic E-state index is 13.1. The van der Waals surface area contributed by atoms with Gasteiger partial charge in [0.2, 0.25) is 0 Å². The third-order valence-electron chi connectivity index (χ3n) is 6.58. The van der Waals surface area contributed by atoms with Crippen LogP contribution in [0.3, 0.4) is 0 Å². The molecule has 2 aliphatic carbocycles. The van der Waals surface area contributed by atoms with E-state index in [2.05, 4.69) is 21.7 Å². The third-order valence-corrected chi connectivity index (χ3v) is 6.58. The molecule has 2 saturated carbocycles. The summed E-state index contributed by atoms with van der Waals surface area (Å²) in [6.07, 6.45) is 9.61. The minimum Gasteiger partial charge on any atom is -0.355 e. The number of carbonyl (C=O) groups excluding carboxylic acids is 2. The lowest BCUT2D eigenvalue weighted by Crippen LogP contribution is -2.21. The van der Waals surface area contributed by atoms with E-state index in [0.29, 0.717) is 23.5 Å². The van der Waals surface area contributed by atoms with Crippen LogP contribution >= 0.6 is 0 Å². The van der Waals surface area contributed by atoms with Crippen molar-refractivity contribution in [3.8, 4) is 6.07 Å². The zero-order chi connectivity index (χ0) is 21.1. The van der Waals surface area contributed by atoms with Gasteiger partial charge in [0.15, 0.2) is 11.3 Å². The normalized spacial score (nSPS) is 18.9. The molecule has 0 bridgehead atoms. The molecule has 30 heavy (non-hydrogen) atoms. The van der Waals surface area contributed by atoms with Crippen LogP contribution in [0.1, 0.15) is 83.7 Å². The molecule has 1 amide bonds. The minimum absolute atomic E-state index is 0.000315. The lowest BCUT2D eigenvalue weighted by Gasteiger charge is -2.28. The molecule has 0 unspecified atom stereocenters. The SMILES string of the molecule is CNC(=O)c1ccc(C(=O)C[C@H](c2cn(C3(C#N)CC3)nn2)C2CCCCC2)cc1. The van der Waals surface area contributed by atoms with Gasteiger partial charge in [-0.05, 0) is 43.7 Å². The Labute approximate surface area is 176 Å². The number of amides is 1. The molecule has 1 heterocycles. The number of benzene rings is 1. The van der Waals surface area contributed by atoms with E-state index in [-0.39, 0.29) is 17.6 Å². The summed E-state index contributed by atoms with van der Waals surface area (Å²) in [4.78, 5) is 24.8. The largest absolute Gasteiger partial charge is 0.355 e. The molecule has 156 valence electrons. The number of hydrogen-bond acceptors (Lipinski definition) is 5. The number of Topliss-reactive ketones (excluding diaryl/α,β-unsaturated/α-hetero) is 1. The molecule has 0 aliphatic heterocycles. The van der Waals surface area contributed by atoms with Crippen LogP contribution in [0.2, 0.25) is 0 Å². The van der Waals surface area contributed by atoms with Crippen LogP contribution in [0.25, 0.3) is 0 Å². The summed E-state index contributed by atoms with van der Waals surface area (Å²) in [6.45, 7) is 0. The second-order valence-electron chi connectivity index (χ2n) is 8.52. The first-order valence-corrected chi connectivity index (χ1v) is 10.8. The van der Waals surface area contributed by atoms with Crippen molar-refractivity contribution in [3.63, 3.8) is 0 Å². The Morgan fingerprint density at radius 1 is 1.20 bits per heavy atom. The fraction of sp³-hybridized carbons (Fsp3) is 0.522. The molecule has 2 aliphatic rings. The van der Waals surface area contributed by atoms with Gasteiger partial charge in [0, 0.05) is 30.5 Å². The zero-order valence-corrected chi connectivity index (χ0v) is 17.3. The molecule has 0 saturated heterocycles. The molecule has 1 atom stereocenters. The Kier molecular flexibility index (Phi) is 5.67. The Morgan fingerprint density at radius 2 is 1.87 bits per heavy atom. The second kappa shape index (κ2) is 8.39. The van der Waals surface area contributed by atoms with Crippen LogP contribution in [0, 0.1) is 17.2 Å². The molecule has 2 aromatic rings. The number of nitrogens with one attached hydrogen (secondary N) is 1. The predicted molar refractivity (Wildman–Crippen MR) is 111 cm³/mol. The highest BCUT2D eigenvalue weighted by Gasteiger charge is 2.47. The van der Waals surface area contributed by atoms with Crippen molar-refractivity contribution in [3.05, 3.63) is 47.3 Å². The summed E-state index contributed by atoms with van der Waals surface area (Å²) >= 11 is 0. The summed E-state index contributed by atoms with van der Waals surface area (Å²) in [5.41, 5.74) is 1.42. The topological polar surface area (TPSA) is 101 Å². The Hall–Kier alpha value is -3.01. The van der Waals surface area contributed by atoms with E-state index in [1.807, 2.05) is 6.20 Å². The van der Waals surface area contributed by atoms with Gasteiger partial charge in [-0.25, -0.2) is 4.68 Å². The van der Waals surface area contributed by atoms with E-state index in [4.69, 9.17) is 0 Å². The molecular weight excluding hydrogens is 378 g/mol. The monoisotopic (exact) mass is 405 g/mol. The molecule has 7 heteroatoms.